The van der Waals surface area contributed by atoms with E-state index < -0.39 is 0 Å². The van der Waals surface area contributed by atoms with Gasteiger partial charge in [0.25, 0.3) is 5.91 Å². The first-order valence-corrected chi connectivity index (χ1v) is 8.19. The Hall–Kier alpha value is -1.76. The van der Waals surface area contributed by atoms with Crippen molar-refractivity contribution in [2.45, 2.75) is 25.2 Å². The van der Waals surface area contributed by atoms with Gasteiger partial charge in [-0.3, -0.25) is 9.78 Å². The maximum atomic E-state index is 12.2. The molecule has 0 saturated carbocycles. The molecule has 6 heteroatoms. The molecule has 3 rings (SSSR count). The summed E-state index contributed by atoms with van der Waals surface area (Å²) in [4.78, 5) is 16.4. The van der Waals surface area contributed by atoms with Crippen molar-refractivity contribution < 1.29 is 14.3 Å². The van der Waals surface area contributed by atoms with Gasteiger partial charge >= 0.3 is 0 Å². The summed E-state index contributed by atoms with van der Waals surface area (Å²) in [6.45, 7) is 1.54. The molecular weight excluding hydrogens is 300 g/mol. The Morgan fingerprint density at radius 1 is 1.45 bits per heavy atom. The van der Waals surface area contributed by atoms with Gasteiger partial charge in [-0.25, -0.2) is 0 Å². The summed E-state index contributed by atoms with van der Waals surface area (Å²) in [5.74, 6) is -0.0559. The number of hydrogen-bond donors (Lipinski definition) is 1. The lowest BCUT2D eigenvalue weighted by atomic mass is 10.1. The minimum Gasteiger partial charge on any atom is -0.379 e. The quantitative estimate of drug-likeness (QED) is 0.918. The molecule has 1 amide bonds. The molecule has 0 unspecified atom stereocenters. The molecule has 0 aliphatic carbocycles. The van der Waals surface area contributed by atoms with Crippen molar-refractivity contribution in [2.75, 3.05) is 13.2 Å². The number of ether oxygens (including phenoxy) is 2. The zero-order valence-corrected chi connectivity index (χ0v) is 12.9. The third kappa shape index (κ3) is 3.91. The largest absolute Gasteiger partial charge is 0.379 e. The fourth-order valence-corrected chi connectivity index (χ4v) is 3.00. The van der Waals surface area contributed by atoms with Gasteiger partial charge in [-0.15, -0.1) is 0 Å². The van der Waals surface area contributed by atoms with Gasteiger partial charge in [-0.1, -0.05) is 6.07 Å². The Morgan fingerprint density at radius 3 is 3.18 bits per heavy atom. The zero-order chi connectivity index (χ0) is 15.2. The van der Waals surface area contributed by atoms with Gasteiger partial charge < -0.3 is 14.8 Å². The number of carbonyl (C=O) groups is 1. The second-order valence-corrected chi connectivity index (χ2v) is 5.91. The number of pyridine rings is 1. The second kappa shape index (κ2) is 7.49. The predicted molar refractivity (Wildman–Crippen MR) is 83.8 cm³/mol. The Labute approximate surface area is 133 Å². The number of thiophene rings is 1. The number of nitrogens with zero attached hydrogens (tertiary/aromatic N) is 1. The van der Waals surface area contributed by atoms with Crippen LogP contribution in [0.1, 0.15) is 22.5 Å². The van der Waals surface area contributed by atoms with Crippen LogP contribution >= 0.6 is 11.3 Å². The van der Waals surface area contributed by atoms with E-state index in [2.05, 4.69) is 10.3 Å². The first kappa shape index (κ1) is 15.1. The van der Waals surface area contributed by atoms with Crippen molar-refractivity contribution in [3.63, 3.8) is 0 Å². The SMILES string of the molecule is O=C(N[C@@H]1CCOC[C@H]1OCc1ccccn1)c1ccsc1. The molecule has 116 valence electrons. The smallest absolute Gasteiger partial charge is 0.252 e. The Balaban J connectivity index is 1.57. The number of rotatable bonds is 5. The average Bonchev–Trinajstić information content (AvgIpc) is 3.10. The molecule has 2 aromatic heterocycles. The van der Waals surface area contributed by atoms with Gasteiger partial charge in [0.1, 0.15) is 6.10 Å². The van der Waals surface area contributed by atoms with Crippen molar-refractivity contribution in [1.82, 2.24) is 10.3 Å². The van der Waals surface area contributed by atoms with Crippen molar-refractivity contribution in [3.05, 3.63) is 52.5 Å². The normalized spacial score (nSPS) is 21.5. The van der Waals surface area contributed by atoms with Crippen LogP contribution in [-0.4, -0.2) is 36.3 Å². The summed E-state index contributed by atoms with van der Waals surface area (Å²) < 4.78 is 11.4. The van der Waals surface area contributed by atoms with Gasteiger partial charge in [0, 0.05) is 23.7 Å². The molecule has 5 nitrogen and oxygen atoms in total. The highest BCUT2D eigenvalue weighted by atomic mass is 32.1. The standard InChI is InChI=1S/C16H18N2O3S/c19-16(12-5-8-22-11-12)18-14-4-7-20-10-15(14)21-9-13-3-1-2-6-17-13/h1-3,5-6,8,11,14-15H,4,7,9-10H2,(H,18,19)/t14-,15-/m1/s1. The van der Waals surface area contributed by atoms with E-state index in [4.69, 9.17) is 9.47 Å². The van der Waals surface area contributed by atoms with E-state index in [-0.39, 0.29) is 18.1 Å². The molecule has 1 aliphatic heterocycles. The van der Waals surface area contributed by atoms with Crippen LogP contribution in [0.4, 0.5) is 0 Å². The first-order valence-electron chi connectivity index (χ1n) is 7.25. The van der Waals surface area contributed by atoms with Crippen molar-refractivity contribution in [1.29, 1.82) is 0 Å². The number of carbonyl (C=O) groups excluding carboxylic acids is 1. The predicted octanol–water partition coefficient (Wildman–Crippen LogP) is 2.25. The van der Waals surface area contributed by atoms with Crippen molar-refractivity contribution in [3.8, 4) is 0 Å². The highest BCUT2D eigenvalue weighted by Crippen LogP contribution is 2.15. The lowest BCUT2D eigenvalue weighted by molar-refractivity contribution is -0.0743. The molecule has 0 spiro atoms. The summed E-state index contributed by atoms with van der Waals surface area (Å²) in [6, 6.07) is 7.51. The minimum absolute atomic E-state index is 0.0372. The molecule has 0 radical (unpaired) electrons. The minimum atomic E-state index is -0.154. The highest BCUT2D eigenvalue weighted by molar-refractivity contribution is 7.08. The fourth-order valence-electron chi connectivity index (χ4n) is 2.36. The molecule has 0 aromatic carbocycles. The van der Waals surface area contributed by atoms with E-state index >= 15 is 0 Å². The van der Waals surface area contributed by atoms with Crippen LogP contribution in [0.25, 0.3) is 0 Å². The van der Waals surface area contributed by atoms with E-state index in [1.165, 1.54) is 11.3 Å². The summed E-state index contributed by atoms with van der Waals surface area (Å²) >= 11 is 1.51. The lowest BCUT2D eigenvalue weighted by Crippen LogP contribution is -2.49. The van der Waals surface area contributed by atoms with E-state index in [9.17, 15) is 4.79 Å². The molecule has 2 atom stereocenters. The lowest BCUT2D eigenvalue weighted by Gasteiger charge is -2.32. The summed E-state index contributed by atoms with van der Waals surface area (Å²) in [5.41, 5.74) is 1.57. The fraction of sp³-hybridized carbons (Fsp3) is 0.375. The van der Waals surface area contributed by atoms with Crippen LogP contribution in [0, 0.1) is 0 Å². The number of aromatic nitrogens is 1. The van der Waals surface area contributed by atoms with Gasteiger partial charge in [-0.2, -0.15) is 11.3 Å². The highest BCUT2D eigenvalue weighted by Gasteiger charge is 2.28. The van der Waals surface area contributed by atoms with E-state index in [0.29, 0.717) is 25.4 Å². The van der Waals surface area contributed by atoms with Crippen LogP contribution in [0.15, 0.2) is 41.2 Å². The molecular formula is C16H18N2O3S. The number of amides is 1. The van der Waals surface area contributed by atoms with Gasteiger partial charge in [0.15, 0.2) is 0 Å². The van der Waals surface area contributed by atoms with Crippen LogP contribution in [-0.2, 0) is 16.1 Å². The average molecular weight is 318 g/mol. The van der Waals surface area contributed by atoms with Crippen LogP contribution in [0.3, 0.4) is 0 Å². The van der Waals surface area contributed by atoms with Crippen LogP contribution < -0.4 is 5.32 Å². The molecule has 1 fully saturated rings. The van der Waals surface area contributed by atoms with Crippen LogP contribution in [0.5, 0.6) is 0 Å². The molecule has 1 aliphatic rings. The maximum absolute atomic E-state index is 12.2. The van der Waals surface area contributed by atoms with E-state index in [1.54, 1.807) is 6.20 Å². The molecule has 1 N–H and O–H groups in total. The Bertz CT molecular complexity index is 589. The van der Waals surface area contributed by atoms with Gasteiger partial charge in [-0.05, 0) is 30.0 Å². The molecule has 1 saturated heterocycles. The summed E-state index contributed by atoms with van der Waals surface area (Å²) in [6.07, 6.45) is 2.34. The maximum Gasteiger partial charge on any atom is 0.252 e. The Kier molecular flexibility index (Phi) is 5.15. The number of nitrogens with one attached hydrogen (secondary N) is 1. The topological polar surface area (TPSA) is 60.5 Å². The molecule has 3 heterocycles. The van der Waals surface area contributed by atoms with Crippen molar-refractivity contribution >= 4 is 17.2 Å². The van der Waals surface area contributed by atoms with Gasteiger partial charge in [0.2, 0.25) is 0 Å². The molecule has 0 bridgehead atoms. The molecule has 22 heavy (non-hydrogen) atoms. The molecule has 2 aromatic rings. The number of hydrogen-bond acceptors (Lipinski definition) is 5. The summed E-state index contributed by atoms with van der Waals surface area (Å²) in [7, 11) is 0. The third-order valence-electron chi connectivity index (χ3n) is 3.58. The first-order chi connectivity index (χ1) is 10.8. The monoisotopic (exact) mass is 318 g/mol. The van der Waals surface area contributed by atoms with Crippen molar-refractivity contribution in [2.24, 2.45) is 0 Å². The Morgan fingerprint density at radius 2 is 2.41 bits per heavy atom. The zero-order valence-electron chi connectivity index (χ0n) is 12.1. The summed E-state index contributed by atoms with van der Waals surface area (Å²) in [5, 5.41) is 6.79. The third-order valence-corrected chi connectivity index (χ3v) is 4.26. The van der Waals surface area contributed by atoms with E-state index in [0.717, 1.165) is 12.1 Å². The van der Waals surface area contributed by atoms with Crippen LogP contribution in [0.2, 0.25) is 0 Å². The van der Waals surface area contributed by atoms with E-state index in [1.807, 2.05) is 35.0 Å². The van der Waals surface area contributed by atoms with Gasteiger partial charge in [0.05, 0.1) is 24.9 Å². The second-order valence-electron chi connectivity index (χ2n) is 5.13.